The first kappa shape index (κ1) is 30.8. The number of hydrogen-bond acceptors (Lipinski definition) is 9. The van der Waals surface area contributed by atoms with Crippen molar-refractivity contribution < 1.29 is 41.9 Å². The van der Waals surface area contributed by atoms with Gasteiger partial charge in [-0.2, -0.15) is 0 Å². The van der Waals surface area contributed by atoms with Crippen molar-refractivity contribution in [1.29, 1.82) is 0 Å². The van der Waals surface area contributed by atoms with E-state index in [-0.39, 0.29) is 41.1 Å². The predicted molar refractivity (Wildman–Crippen MR) is 148 cm³/mol. The van der Waals surface area contributed by atoms with Gasteiger partial charge in [-0.3, -0.25) is 0 Å². The summed E-state index contributed by atoms with van der Waals surface area (Å²) in [6.45, 7) is 4.23. The van der Waals surface area contributed by atoms with Crippen LogP contribution in [0.1, 0.15) is 69.3 Å². The van der Waals surface area contributed by atoms with E-state index >= 15 is 0 Å². The molecule has 0 saturated carbocycles. The summed E-state index contributed by atoms with van der Waals surface area (Å²) < 4.78 is 61.7. The average molecular weight is 567 g/mol. The Labute approximate surface area is 232 Å². The van der Waals surface area contributed by atoms with Gasteiger partial charge in [0.15, 0.2) is 32.8 Å². The van der Waals surface area contributed by atoms with Crippen LogP contribution < -0.4 is 23.7 Å². The molecule has 2 aromatic carbocycles. The van der Waals surface area contributed by atoms with Crippen molar-refractivity contribution in [2.45, 2.75) is 63.1 Å². The minimum absolute atomic E-state index is 0.0324. The van der Waals surface area contributed by atoms with Gasteiger partial charge in [-0.05, 0) is 73.4 Å². The van der Waals surface area contributed by atoms with Crippen LogP contribution in [0.4, 0.5) is 0 Å². The molecule has 0 aromatic heterocycles. The second-order valence-corrected chi connectivity index (χ2v) is 11.8. The summed E-state index contributed by atoms with van der Waals surface area (Å²) in [4.78, 5) is 0.112. The number of hydrogen-bond donors (Lipinski definition) is 1. The zero-order valence-electron chi connectivity index (χ0n) is 23.8. The van der Waals surface area contributed by atoms with Crippen LogP contribution >= 0.6 is 0 Å². The molecular formula is C29H42O9S. The van der Waals surface area contributed by atoms with Crippen molar-refractivity contribution in [2.24, 2.45) is 5.92 Å². The van der Waals surface area contributed by atoms with Gasteiger partial charge in [-0.1, -0.05) is 13.8 Å². The lowest BCUT2D eigenvalue weighted by atomic mass is 10.0. The fraction of sp³-hybridized carbons (Fsp3) is 0.586. The Morgan fingerprint density at radius 2 is 1.44 bits per heavy atom. The van der Waals surface area contributed by atoms with Crippen molar-refractivity contribution in [2.75, 3.05) is 47.4 Å². The highest BCUT2D eigenvalue weighted by molar-refractivity contribution is 7.91. The molecule has 39 heavy (non-hydrogen) atoms. The summed E-state index contributed by atoms with van der Waals surface area (Å²) in [5.74, 6) is 2.01. The molecule has 10 heteroatoms. The molecule has 0 radical (unpaired) electrons. The fourth-order valence-electron chi connectivity index (χ4n) is 4.91. The minimum atomic E-state index is -3.72. The van der Waals surface area contributed by atoms with E-state index in [1.54, 1.807) is 33.5 Å². The number of sulfone groups is 1. The second kappa shape index (κ2) is 14.1. The maximum Gasteiger partial charge on any atom is 0.203 e. The number of rotatable bonds is 15. The van der Waals surface area contributed by atoms with Gasteiger partial charge >= 0.3 is 0 Å². The topological polar surface area (TPSA) is 110 Å². The minimum Gasteiger partial charge on any atom is -0.493 e. The monoisotopic (exact) mass is 566 g/mol. The van der Waals surface area contributed by atoms with E-state index in [9.17, 15) is 8.42 Å². The molecule has 0 spiro atoms. The molecule has 1 heterocycles. The Morgan fingerprint density at radius 3 is 1.92 bits per heavy atom. The molecule has 1 saturated heterocycles. The Balaban J connectivity index is 1.97. The SMILES string of the molecule is CCCOc1c(OC)cc([C@@H]2CC[C@@H](c3cc(OC)c(OC)c(OC)c3)O2)cc1S(=O)(=O)C[C@@H](C)CCCO. The summed E-state index contributed by atoms with van der Waals surface area (Å²) in [5, 5.41) is 9.17. The van der Waals surface area contributed by atoms with E-state index < -0.39 is 9.84 Å². The van der Waals surface area contributed by atoms with Crippen LogP contribution in [-0.2, 0) is 14.6 Å². The van der Waals surface area contributed by atoms with Crippen LogP contribution in [0.3, 0.4) is 0 Å². The van der Waals surface area contributed by atoms with Crippen molar-refractivity contribution in [3.8, 4) is 28.7 Å². The molecule has 9 nitrogen and oxygen atoms in total. The predicted octanol–water partition coefficient (Wildman–Crippen LogP) is 5.28. The molecule has 2 aromatic rings. The lowest BCUT2D eigenvalue weighted by molar-refractivity contribution is 0.0435. The lowest BCUT2D eigenvalue weighted by Crippen LogP contribution is -2.17. The Morgan fingerprint density at radius 1 is 0.897 bits per heavy atom. The van der Waals surface area contributed by atoms with Gasteiger partial charge in [0.05, 0.1) is 53.0 Å². The third kappa shape index (κ3) is 7.29. The van der Waals surface area contributed by atoms with Crippen LogP contribution in [-0.4, -0.2) is 60.9 Å². The highest BCUT2D eigenvalue weighted by atomic mass is 32.2. The molecule has 0 bridgehead atoms. The molecule has 218 valence electrons. The normalized spacial score (nSPS) is 18.0. The van der Waals surface area contributed by atoms with Crippen LogP contribution in [0.2, 0.25) is 0 Å². The standard InChI is InChI=1S/C29H42O9S/c1-7-13-37-29-26(35-5)16-21(17-27(29)39(31,32)18-19(2)9-8-12-30)23-11-10-22(38-23)20-14-24(33-3)28(36-6)25(15-20)34-4/h14-17,19,22-23,30H,7-13,18H2,1-6H3/t19-,22-,23-/m0/s1. The molecule has 1 fully saturated rings. The molecule has 0 aliphatic carbocycles. The zero-order chi connectivity index (χ0) is 28.6. The molecule has 0 amide bonds. The second-order valence-electron chi connectivity index (χ2n) is 9.80. The summed E-state index contributed by atoms with van der Waals surface area (Å²) >= 11 is 0. The van der Waals surface area contributed by atoms with Crippen LogP contribution in [0.25, 0.3) is 0 Å². The fourth-order valence-corrected chi connectivity index (χ4v) is 6.77. The van der Waals surface area contributed by atoms with Crippen molar-refractivity contribution in [1.82, 2.24) is 0 Å². The van der Waals surface area contributed by atoms with Gasteiger partial charge in [0, 0.05) is 6.61 Å². The molecule has 1 N–H and O–H groups in total. The number of benzene rings is 2. The van der Waals surface area contributed by atoms with E-state index in [0.717, 1.165) is 18.4 Å². The van der Waals surface area contributed by atoms with Crippen molar-refractivity contribution in [3.63, 3.8) is 0 Å². The quantitative estimate of drug-likeness (QED) is 0.308. The maximum atomic E-state index is 13.6. The van der Waals surface area contributed by atoms with Crippen LogP contribution in [0.15, 0.2) is 29.2 Å². The first-order valence-electron chi connectivity index (χ1n) is 13.4. The Hall–Kier alpha value is -2.69. The third-order valence-electron chi connectivity index (χ3n) is 6.86. The summed E-state index contributed by atoms with van der Waals surface area (Å²) in [6.07, 6.45) is 2.70. The van der Waals surface area contributed by atoms with Crippen molar-refractivity contribution in [3.05, 3.63) is 35.4 Å². The highest BCUT2D eigenvalue weighted by Gasteiger charge is 2.33. The van der Waals surface area contributed by atoms with Gasteiger partial charge in [0.25, 0.3) is 0 Å². The smallest absolute Gasteiger partial charge is 0.203 e. The van der Waals surface area contributed by atoms with Gasteiger partial charge in [-0.15, -0.1) is 0 Å². The number of aliphatic hydroxyl groups excluding tert-OH is 1. The zero-order valence-corrected chi connectivity index (χ0v) is 24.6. The Kier molecular flexibility index (Phi) is 11.1. The van der Waals surface area contributed by atoms with Crippen LogP contribution in [0.5, 0.6) is 28.7 Å². The summed E-state index contributed by atoms with van der Waals surface area (Å²) in [7, 11) is 2.49. The van der Waals surface area contributed by atoms with E-state index in [1.165, 1.54) is 7.11 Å². The van der Waals surface area contributed by atoms with Gasteiger partial charge in [-0.25, -0.2) is 8.42 Å². The molecule has 1 aliphatic heterocycles. The molecule has 3 atom stereocenters. The average Bonchev–Trinajstić information content (AvgIpc) is 3.43. The molecule has 1 aliphatic rings. The van der Waals surface area contributed by atoms with Crippen molar-refractivity contribution >= 4 is 9.84 Å². The third-order valence-corrected chi connectivity index (χ3v) is 8.84. The molecular weight excluding hydrogens is 524 g/mol. The first-order valence-corrected chi connectivity index (χ1v) is 15.0. The van der Waals surface area contributed by atoms with Gasteiger partial charge in [0.2, 0.25) is 5.75 Å². The largest absolute Gasteiger partial charge is 0.493 e. The van der Waals surface area contributed by atoms with E-state index in [4.69, 9.17) is 33.5 Å². The molecule has 0 unspecified atom stereocenters. The summed E-state index contributed by atoms with van der Waals surface area (Å²) in [5.41, 5.74) is 1.60. The van der Waals surface area contributed by atoms with Gasteiger partial charge in [0.1, 0.15) is 4.90 Å². The number of aliphatic hydroxyl groups is 1. The van der Waals surface area contributed by atoms with E-state index in [0.29, 0.717) is 54.4 Å². The summed E-state index contributed by atoms with van der Waals surface area (Å²) in [6, 6.07) is 7.23. The van der Waals surface area contributed by atoms with Gasteiger partial charge < -0.3 is 33.5 Å². The molecule has 3 rings (SSSR count). The van der Waals surface area contributed by atoms with Crippen LogP contribution in [0, 0.1) is 5.92 Å². The number of ether oxygens (including phenoxy) is 6. The highest BCUT2D eigenvalue weighted by Crippen LogP contribution is 2.48. The number of methoxy groups -OCH3 is 4. The Bertz CT molecular complexity index is 1170. The lowest BCUT2D eigenvalue weighted by Gasteiger charge is -2.21. The first-order chi connectivity index (χ1) is 18.7. The van der Waals surface area contributed by atoms with E-state index in [1.807, 2.05) is 26.0 Å². The maximum absolute atomic E-state index is 13.6. The van der Waals surface area contributed by atoms with E-state index in [2.05, 4.69) is 0 Å².